The lowest BCUT2D eigenvalue weighted by Gasteiger charge is -2.16. The molecule has 0 fully saturated rings. The molecule has 0 saturated carbocycles. The van der Waals surface area contributed by atoms with Crippen LogP contribution in [0.3, 0.4) is 0 Å². The van der Waals surface area contributed by atoms with E-state index in [1.54, 1.807) is 25.3 Å². The van der Waals surface area contributed by atoms with Crippen LogP contribution >= 0.6 is 0 Å². The number of benzene rings is 2. The molecule has 0 aliphatic rings. The largest absolute Gasteiger partial charge is 0.481 e. The van der Waals surface area contributed by atoms with Crippen molar-refractivity contribution >= 4 is 18.0 Å². The van der Waals surface area contributed by atoms with E-state index in [1.165, 1.54) is 18.2 Å². The van der Waals surface area contributed by atoms with Gasteiger partial charge >= 0.3 is 5.97 Å². The van der Waals surface area contributed by atoms with Crippen molar-refractivity contribution in [3.05, 3.63) is 77.9 Å². The first-order valence-electron chi connectivity index (χ1n) is 11.7. The highest BCUT2D eigenvalue weighted by Crippen LogP contribution is 2.42. The van der Waals surface area contributed by atoms with Gasteiger partial charge in [-0.3, -0.25) is 9.59 Å². The number of hydrogen-bond acceptors (Lipinski definition) is 4. The lowest BCUT2D eigenvalue weighted by molar-refractivity contribution is -0.139. The van der Waals surface area contributed by atoms with Gasteiger partial charge in [0.25, 0.3) is 5.91 Å². The number of rotatable bonds is 10. The zero-order valence-corrected chi connectivity index (χ0v) is 20.5. The van der Waals surface area contributed by atoms with Crippen LogP contribution < -0.4 is 5.32 Å². The number of aliphatic carboxylic acids is 1. The van der Waals surface area contributed by atoms with Gasteiger partial charge < -0.3 is 25.2 Å². The topological polar surface area (TPSA) is 112 Å². The number of carbonyl (C=O) groups is 2. The summed E-state index contributed by atoms with van der Waals surface area (Å²) in [7, 11) is 1.55. The van der Waals surface area contributed by atoms with Crippen molar-refractivity contribution in [1.82, 2.24) is 9.88 Å². The van der Waals surface area contributed by atoms with E-state index >= 15 is 0 Å². The number of carboxylic acids is 1. The van der Waals surface area contributed by atoms with E-state index in [1.807, 2.05) is 48.7 Å². The third kappa shape index (κ3) is 6.08. The standard InChI is InChI=1S/C28H31FN2O5/c1-17(2)31-23(14-13-21(32)15-22(33)16-24(34)35)25(19-9-11-20(29)12-10-19)26(27(31)28(36)30-3)18-7-5-4-6-8-18/h4-14,17,21-22,32-33H,15-16H2,1-3H3,(H,30,36)(H,34,35)/t21-,22-/m1/s1. The number of carbonyl (C=O) groups excluding carboxylic acids is 1. The minimum absolute atomic E-state index is 0.162. The molecule has 0 spiro atoms. The highest BCUT2D eigenvalue weighted by molar-refractivity contribution is 6.06. The Kier molecular flexibility index (Phi) is 8.79. The maximum Gasteiger partial charge on any atom is 0.305 e. The molecule has 8 heteroatoms. The summed E-state index contributed by atoms with van der Waals surface area (Å²) < 4.78 is 15.7. The Morgan fingerprint density at radius 3 is 2.17 bits per heavy atom. The molecule has 36 heavy (non-hydrogen) atoms. The van der Waals surface area contributed by atoms with Gasteiger partial charge in [0.1, 0.15) is 11.5 Å². The van der Waals surface area contributed by atoms with Gasteiger partial charge in [0.15, 0.2) is 0 Å². The lowest BCUT2D eigenvalue weighted by atomic mass is 9.94. The second-order valence-corrected chi connectivity index (χ2v) is 8.81. The Morgan fingerprint density at radius 2 is 1.61 bits per heavy atom. The van der Waals surface area contributed by atoms with Gasteiger partial charge in [-0.05, 0) is 43.2 Å². The molecule has 0 saturated heterocycles. The number of hydrogen-bond donors (Lipinski definition) is 4. The molecule has 0 unspecified atom stereocenters. The maximum atomic E-state index is 13.8. The molecule has 3 aromatic rings. The summed E-state index contributed by atoms with van der Waals surface area (Å²) >= 11 is 0. The summed E-state index contributed by atoms with van der Waals surface area (Å²) in [5.41, 5.74) is 3.85. The fourth-order valence-electron chi connectivity index (χ4n) is 4.29. The summed E-state index contributed by atoms with van der Waals surface area (Å²) in [6.45, 7) is 3.86. The summed E-state index contributed by atoms with van der Waals surface area (Å²) in [4.78, 5) is 24.1. The Labute approximate surface area is 209 Å². The number of halogens is 1. The van der Waals surface area contributed by atoms with Gasteiger partial charge in [0.05, 0.1) is 18.6 Å². The third-order valence-electron chi connectivity index (χ3n) is 5.80. The van der Waals surface area contributed by atoms with Crippen molar-refractivity contribution in [2.75, 3.05) is 7.05 Å². The predicted octanol–water partition coefficient (Wildman–Crippen LogP) is 4.50. The minimum atomic E-state index is -1.21. The summed E-state index contributed by atoms with van der Waals surface area (Å²) in [6, 6.07) is 15.2. The molecule has 4 N–H and O–H groups in total. The molecule has 0 aliphatic carbocycles. The molecular weight excluding hydrogens is 463 g/mol. The lowest BCUT2D eigenvalue weighted by Crippen LogP contribution is -2.23. The van der Waals surface area contributed by atoms with E-state index in [0.29, 0.717) is 28.1 Å². The molecule has 190 valence electrons. The van der Waals surface area contributed by atoms with E-state index in [2.05, 4.69) is 5.32 Å². The number of nitrogens with zero attached hydrogens (tertiary/aromatic N) is 1. The van der Waals surface area contributed by atoms with Crippen molar-refractivity contribution in [1.29, 1.82) is 0 Å². The number of aliphatic hydroxyl groups is 2. The van der Waals surface area contributed by atoms with Crippen molar-refractivity contribution in [3.63, 3.8) is 0 Å². The fourth-order valence-corrected chi connectivity index (χ4v) is 4.29. The van der Waals surface area contributed by atoms with Crippen molar-refractivity contribution in [2.45, 2.75) is 44.9 Å². The SMILES string of the molecule is CNC(=O)c1c(-c2ccccc2)c(-c2ccc(F)cc2)c(C=C[C@@H](O)C[C@@H](O)CC(=O)O)n1C(C)C. The van der Waals surface area contributed by atoms with Crippen molar-refractivity contribution < 1.29 is 29.3 Å². The highest BCUT2D eigenvalue weighted by Gasteiger charge is 2.29. The fraction of sp³-hybridized carbons (Fsp3) is 0.286. The van der Waals surface area contributed by atoms with Gasteiger partial charge in [0, 0.05) is 36.3 Å². The number of aromatic nitrogens is 1. The molecule has 0 aliphatic heterocycles. The highest BCUT2D eigenvalue weighted by atomic mass is 19.1. The average molecular weight is 495 g/mol. The second kappa shape index (κ2) is 11.8. The van der Waals surface area contributed by atoms with E-state index in [4.69, 9.17) is 5.11 Å². The first kappa shape index (κ1) is 26.8. The summed E-state index contributed by atoms with van der Waals surface area (Å²) in [5.74, 6) is -1.86. The van der Waals surface area contributed by atoms with Crippen molar-refractivity contribution in [2.24, 2.45) is 0 Å². The van der Waals surface area contributed by atoms with E-state index in [-0.39, 0.29) is 18.4 Å². The smallest absolute Gasteiger partial charge is 0.305 e. The predicted molar refractivity (Wildman–Crippen MR) is 137 cm³/mol. The van der Waals surface area contributed by atoms with Crippen LogP contribution in [0.4, 0.5) is 4.39 Å². The number of aliphatic hydroxyl groups excluding tert-OH is 2. The maximum absolute atomic E-state index is 13.8. The number of amides is 1. The summed E-state index contributed by atoms with van der Waals surface area (Å²) in [6.07, 6.45) is 0.152. The Balaban J connectivity index is 2.28. The quantitative estimate of drug-likeness (QED) is 0.332. The molecule has 2 aromatic carbocycles. The summed E-state index contributed by atoms with van der Waals surface area (Å²) in [5, 5.41) is 32.0. The first-order valence-corrected chi connectivity index (χ1v) is 11.7. The molecule has 1 heterocycles. The molecule has 7 nitrogen and oxygen atoms in total. The van der Waals surface area contributed by atoms with E-state index in [9.17, 15) is 24.2 Å². The monoisotopic (exact) mass is 494 g/mol. The number of carboxylic acid groups (broad SMARTS) is 1. The van der Waals surface area contributed by atoms with Crippen molar-refractivity contribution in [3.8, 4) is 22.3 Å². The normalized spacial score (nSPS) is 13.2. The van der Waals surface area contributed by atoms with Gasteiger partial charge in [-0.15, -0.1) is 0 Å². The van der Waals surface area contributed by atoms with Crippen LogP contribution in [0, 0.1) is 5.82 Å². The van der Waals surface area contributed by atoms with Gasteiger partial charge in [-0.25, -0.2) is 4.39 Å². The van der Waals surface area contributed by atoms with E-state index < -0.39 is 30.4 Å². The van der Waals surface area contributed by atoms with Gasteiger partial charge in [0.2, 0.25) is 0 Å². The van der Waals surface area contributed by atoms with E-state index in [0.717, 1.165) is 5.56 Å². The van der Waals surface area contributed by atoms with Gasteiger partial charge in [-0.1, -0.05) is 48.5 Å². The average Bonchev–Trinajstić information content (AvgIpc) is 3.18. The van der Waals surface area contributed by atoms with Crippen LogP contribution in [0.25, 0.3) is 28.3 Å². The molecule has 0 radical (unpaired) electrons. The Hall–Kier alpha value is -3.75. The molecule has 1 aromatic heterocycles. The van der Waals surface area contributed by atoms with Gasteiger partial charge in [-0.2, -0.15) is 0 Å². The third-order valence-corrected chi connectivity index (χ3v) is 5.80. The molecule has 0 bridgehead atoms. The Morgan fingerprint density at radius 1 is 1.00 bits per heavy atom. The van der Waals surface area contributed by atoms with Crippen LogP contribution in [0.2, 0.25) is 0 Å². The number of nitrogens with one attached hydrogen (secondary N) is 1. The molecule has 2 atom stereocenters. The molecule has 3 rings (SSSR count). The zero-order valence-electron chi connectivity index (χ0n) is 20.5. The molecule has 1 amide bonds. The van der Waals surface area contributed by atoms with Crippen LogP contribution in [0.15, 0.2) is 60.7 Å². The zero-order chi connectivity index (χ0) is 26.4. The second-order valence-electron chi connectivity index (χ2n) is 8.81. The minimum Gasteiger partial charge on any atom is -0.481 e. The first-order chi connectivity index (χ1) is 17.1. The Bertz CT molecular complexity index is 1230. The molecular formula is C28H31FN2O5. The van der Waals surface area contributed by atoms with Crippen LogP contribution in [-0.4, -0.2) is 51.0 Å². The van der Waals surface area contributed by atoms with Crippen LogP contribution in [0.1, 0.15) is 48.9 Å². The van der Waals surface area contributed by atoms with Crippen LogP contribution in [-0.2, 0) is 4.79 Å². The van der Waals surface area contributed by atoms with Crippen LogP contribution in [0.5, 0.6) is 0 Å².